The smallest absolute Gasteiger partial charge is 0.170 e. The number of hydrogen-bond acceptors (Lipinski definition) is 5. The molecule has 0 spiro atoms. The van der Waals surface area contributed by atoms with Crippen LogP contribution in [-0.4, -0.2) is 9.36 Å². The molecule has 0 saturated heterocycles. The Balaban J connectivity index is 2.04. The number of hydrogen-bond donors (Lipinski definition) is 1. The summed E-state index contributed by atoms with van der Waals surface area (Å²) in [7, 11) is 0. The summed E-state index contributed by atoms with van der Waals surface area (Å²) < 4.78 is 18.3. The van der Waals surface area contributed by atoms with Crippen molar-refractivity contribution in [3.8, 4) is 0 Å². The van der Waals surface area contributed by atoms with Crippen LogP contribution in [0.2, 0.25) is 0 Å². The number of nitrogens with two attached hydrogens (primary N) is 1. The van der Waals surface area contributed by atoms with E-state index >= 15 is 0 Å². The van der Waals surface area contributed by atoms with Gasteiger partial charge in [-0.25, -0.2) is 9.37 Å². The third kappa shape index (κ3) is 3.24. The first-order chi connectivity index (χ1) is 8.19. The van der Waals surface area contributed by atoms with Gasteiger partial charge in [0.1, 0.15) is 11.6 Å². The molecule has 0 radical (unpaired) electrons. The van der Waals surface area contributed by atoms with E-state index in [0.29, 0.717) is 5.56 Å². The van der Waals surface area contributed by atoms with Gasteiger partial charge in [0.25, 0.3) is 0 Å². The minimum atomic E-state index is -0.243. The first-order valence-corrected chi connectivity index (χ1v) is 6.85. The maximum Gasteiger partial charge on any atom is 0.170 e. The van der Waals surface area contributed by atoms with E-state index in [2.05, 4.69) is 9.36 Å². The predicted molar refractivity (Wildman–Crippen MR) is 68.5 cm³/mol. The van der Waals surface area contributed by atoms with Crippen LogP contribution in [0, 0.1) is 12.7 Å². The van der Waals surface area contributed by atoms with Gasteiger partial charge in [-0.1, -0.05) is 23.9 Å². The molecular weight excluding hydrogens is 257 g/mol. The molecule has 0 saturated carbocycles. The minimum absolute atomic E-state index is 0.224. The largest absolute Gasteiger partial charge is 0.326 e. The summed E-state index contributed by atoms with van der Waals surface area (Å²) in [5, 5.41) is 0. The monoisotopic (exact) mass is 269 g/mol. The van der Waals surface area contributed by atoms with Gasteiger partial charge in [0, 0.05) is 17.9 Å². The van der Waals surface area contributed by atoms with Gasteiger partial charge < -0.3 is 5.73 Å². The van der Waals surface area contributed by atoms with Crippen molar-refractivity contribution in [1.82, 2.24) is 9.36 Å². The minimum Gasteiger partial charge on any atom is -0.326 e. The zero-order valence-electron chi connectivity index (χ0n) is 9.31. The molecule has 0 aliphatic rings. The molecule has 0 bridgehead atoms. The van der Waals surface area contributed by atoms with Crippen LogP contribution in [0.15, 0.2) is 22.5 Å². The van der Waals surface area contributed by atoms with Crippen molar-refractivity contribution in [3.63, 3.8) is 0 Å². The Morgan fingerprint density at radius 2 is 2.29 bits per heavy atom. The molecule has 6 heteroatoms. The molecule has 0 aliphatic carbocycles. The van der Waals surface area contributed by atoms with E-state index in [1.54, 1.807) is 23.9 Å². The molecule has 1 heterocycles. The normalized spacial score (nSPS) is 10.8. The molecule has 3 nitrogen and oxygen atoms in total. The highest BCUT2D eigenvalue weighted by atomic mass is 32.2. The lowest BCUT2D eigenvalue weighted by Crippen LogP contribution is -2.00. The van der Waals surface area contributed by atoms with Gasteiger partial charge in [-0.15, -0.1) is 0 Å². The molecule has 90 valence electrons. The van der Waals surface area contributed by atoms with Crippen LogP contribution in [0.4, 0.5) is 4.39 Å². The lowest BCUT2D eigenvalue weighted by molar-refractivity contribution is 0.610. The number of halogens is 1. The molecule has 17 heavy (non-hydrogen) atoms. The van der Waals surface area contributed by atoms with E-state index in [-0.39, 0.29) is 12.4 Å². The molecule has 0 unspecified atom stereocenters. The van der Waals surface area contributed by atoms with E-state index in [4.69, 9.17) is 5.73 Å². The topological polar surface area (TPSA) is 51.8 Å². The molecule has 2 N–H and O–H groups in total. The van der Waals surface area contributed by atoms with Crippen LogP contribution >= 0.6 is 23.3 Å². The Morgan fingerprint density at radius 1 is 1.47 bits per heavy atom. The summed E-state index contributed by atoms with van der Waals surface area (Å²) in [6.45, 7) is 2.09. The second-order valence-corrected chi connectivity index (χ2v) is 5.50. The van der Waals surface area contributed by atoms with E-state index in [1.165, 1.54) is 17.6 Å². The average molecular weight is 269 g/mol. The van der Waals surface area contributed by atoms with Gasteiger partial charge in [-0.05, 0) is 30.1 Å². The quantitative estimate of drug-likeness (QED) is 0.867. The van der Waals surface area contributed by atoms with E-state index in [1.807, 2.05) is 6.92 Å². The van der Waals surface area contributed by atoms with Crippen LogP contribution in [0.25, 0.3) is 0 Å². The van der Waals surface area contributed by atoms with Crippen molar-refractivity contribution in [3.05, 3.63) is 41.0 Å². The SMILES string of the molecule is Cc1nsc(SCc2ccc(F)c(CN)c2)n1. The summed E-state index contributed by atoms with van der Waals surface area (Å²) in [5.74, 6) is 1.30. The summed E-state index contributed by atoms with van der Waals surface area (Å²) >= 11 is 2.99. The first-order valence-electron chi connectivity index (χ1n) is 5.09. The third-order valence-corrected chi connectivity index (χ3v) is 4.20. The molecular formula is C11H12FN3S2. The third-order valence-electron chi connectivity index (χ3n) is 2.20. The van der Waals surface area contributed by atoms with Gasteiger partial charge in [0.2, 0.25) is 0 Å². The summed E-state index contributed by atoms with van der Waals surface area (Å²) in [4.78, 5) is 4.26. The molecule has 1 aromatic heterocycles. The molecule has 0 fully saturated rings. The standard InChI is InChI=1S/C11H12FN3S2/c1-7-14-11(17-15-7)16-6-8-2-3-10(12)9(4-8)5-13/h2-4H,5-6,13H2,1H3. The average Bonchev–Trinajstić information content (AvgIpc) is 2.74. The van der Waals surface area contributed by atoms with Gasteiger partial charge in [-0.2, -0.15) is 4.37 Å². The Morgan fingerprint density at radius 3 is 2.94 bits per heavy atom. The number of aromatic nitrogens is 2. The number of benzene rings is 1. The van der Waals surface area contributed by atoms with Crippen LogP contribution in [0.3, 0.4) is 0 Å². The van der Waals surface area contributed by atoms with Crippen molar-refractivity contribution in [1.29, 1.82) is 0 Å². The first kappa shape index (κ1) is 12.5. The lowest BCUT2D eigenvalue weighted by atomic mass is 10.1. The summed E-state index contributed by atoms with van der Waals surface area (Å²) in [6, 6.07) is 5.04. The Kier molecular flexibility index (Phi) is 4.09. The Labute approximate surface area is 107 Å². The maximum absolute atomic E-state index is 13.2. The highest BCUT2D eigenvalue weighted by molar-refractivity contribution is 8.00. The number of thioether (sulfide) groups is 1. The van der Waals surface area contributed by atoms with Crippen molar-refractivity contribution in [2.75, 3.05) is 0 Å². The molecule has 0 atom stereocenters. The van der Waals surface area contributed by atoms with Gasteiger partial charge in [0.15, 0.2) is 4.34 Å². The fourth-order valence-electron chi connectivity index (χ4n) is 1.36. The summed E-state index contributed by atoms with van der Waals surface area (Å²) in [5.41, 5.74) is 7.06. The van der Waals surface area contributed by atoms with Crippen LogP contribution < -0.4 is 5.73 Å². The predicted octanol–water partition coefficient (Wildman–Crippen LogP) is 2.74. The van der Waals surface area contributed by atoms with E-state index in [0.717, 1.165) is 21.5 Å². The van der Waals surface area contributed by atoms with Crippen LogP contribution in [0.5, 0.6) is 0 Å². The molecule has 2 aromatic rings. The van der Waals surface area contributed by atoms with Gasteiger partial charge >= 0.3 is 0 Å². The Hall–Kier alpha value is -0.980. The van der Waals surface area contributed by atoms with Crippen molar-refractivity contribution in [2.45, 2.75) is 23.6 Å². The molecule has 2 rings (SSSR count). The van der Waals surface area contributed by atoms with Crippen molar-refractivity contribution in [2.24, 2.45) is 5.73 Å². The number of nitrogens with zero attached hydrogens (tertiary/aromatic N) is 2. The second-order valence-electron chi connectivity index (χ2n) is 3.53. The van der Waals surface area contributed by atoms with Crippen LogP contribution in [-0.2, 0) is 12.3 Å². The van der Waals surface area contributed by atoms with Gasteiger partial charge in [-0.3, -0.25) is 0 Å². The number of aryl methyl sites for hydroxylation is 1. The van der Waals surface area contributed by atoms with E-state index in [9.17, 15) is 4.39 Å². The second kappa shape index (κ2) is 5.57. The molecule has 0 amide bonds. The summed E-state index contributed by atoms with van der Waals surface area (Å²) in [6.07, 6.45) is 0. The fraction of sp³-hybridized carbons (Fsp3) is 0.273. The maximum atomic E-state index is 13.2. The van der Waals surface area contributed by atoms with Crippen molar-refractivity contribution < 1.29 is 4.39 Å². The molecule has 0 aliphatic heterocycles. The molecule has 1 aromatic carbocycles. The lowest BCUT2D eigenvalue weighted by Gasteiger charge is -2.03. The van der Waals surface area contributed by atoms with Gasteiger partial charge in [0.05, 0.1) is 0 Å². The highest BCUT2D eigenvalue weighted by Gasteiger charge is 2.05. The van der Waals surface area contributed by atoms with E-state index < -0.39 is 0 Å². The zero-order valence-corrected chi connectivity index (χ0v) is 10.9. The zero-order chi connectivity index (χ0) is 12.3. The van der Waals surface area contributed by atoms with Crippen LogP contribution in [0.1, 0.15) is 17.0 Å². The Bertz CT molecular complexity index is 513. The highest BCUT2D eigenvalue weighted by Crippen LogP contribution is 2.25. The number of rotatable bonds is 4. The van der Waals surface area contributed by atoms with Crippen molar-refractivity contribution >= 4 is 23.3 Å². The fourth-order valence-corrected chi connectivity index (χ4v) is 2.95.